The molecule has 0 heterocycles. The third-order valence-electron chi connectivity index (χ3n) is 3.64. The van der Waals surface area contributed by atoms with Crippen LogP contribution in [0.4, 0.5) is 18.9 Å². The summed E-state index contributed by atoms with van der Waals surface area (Å²) in [6, 6.07) is 18.0. The van der Waals surface area contributed by atoms with Crippen molar-refractivity contribution in [1.29, 1.82) is 0 Å². The van der Waals surface area contributed by atoms with E-state index in [-0.39, 0.29) is 16.3 Å². The van der Waals surface area contributed by atoms with Crippen molar-refractivity contribution in [2.45, 2.75) is 6.18 Å². The van der Waals surface area contributed by atoms with Gasteiger partial charge in [0, 0.05) is 5.56 Å². The Morgan fingerprint density at radius 1 is 0.889 bits per heavy atom. The minimum absolute atomic E-state index is 0.0142. The number of halogens is 4. The lowest BCUT2D eigenvalue weighted by molar-refractivity contribution is -0.137. The summed E-state index contributed by atoms with van der Waals surface area (Å²) in [6.45, 7) is 0. The van der Waals surface area contributed by atoms with Crippen molar-refractivity contribution in [2.24, 2.45) is 0 Å². The topological polar surface area (TPSA) is 38.3 Å². The second-order valence-corrected chi connectivity index (χ2v) is 5.99. The maximum atomic E-state index is 12.8. The van der Waals surface area contributed by atoms with Crippen LogP contribution in [-0.2, 0) is 6.18 Å². The van der Waals surface area contributed by atoms with Gasteiger partial charge < -0.3 is 10.1 Å². The Labute approximate surface area is 158 Å². The van der Waals surface area contributed by atoms with E-state index in [0.29, 0.717) is 11.5 Å². The summed E-state index contributed by atoms with van der Waals surface area (Å²) >= 11 is 5.89. The molecule has 138 valence electrons. The van der Waals surface area contributed by atoms with Crippen molar-refractivity contribution >= 4 is 23.2 Å². The van der Waals surface area contributed by atoms with E-state index < -0.39 is 17.6 Å². The summed E-state index contributed by atoms with van der Waals surface area (Å²) in [5, 5.41) is 2.41. The fourth-order valence-electron chi connectivity index (χ4n) is 2.29. The van der Waals surface area contributed by atoms with Crippen molar-refractivity contribution in [3.8, 4) is 11.5 Å². The molecule has 3 nitrogen and oxygen atoms in total. The van der Waals surface area contributed by atoms with Gasteiger partial charge in [-0.05, 0) is 54.6 Å². The number of anilines is 1. The quantitative estimate of drug-likeness (QED) is 0.558. The van der Waals surface area contributed by atoms with Crippen molar-refractivity contribution in [2.75, 3.05) is 5.32 Å². The molecule has 3 aromatic rings. The zero-order valence-corrected chi connectivity index (χ0v) is 14.5. The summed E-state index contributed by atoms with van der Waals surface area (Å²) in [7, 11) is 0. The molecule has 0 saturated heterocycles. The van der Waals surface area contributed by atoms with Crippen LogP contribution in [0.25, 0.3) is 0 Å². The number of para-hydroxylation sites is 1. The molecular weight excluding hydrogens is 379 g/mol. The fourth-order valence-corrected chi connectivity index (χ4v) is 2.46. The molecule has 0 fully saturated rings. The minimum Gasteiger partial charge on any atom is -0.457 e. The van der Waals surface area contributed by atoms with Gasteiger partial charge in [-0.1, -0.05) is 29.8 Å². The Hall–Kier alpha value is -2.99. The SMILES string of the molecule is O=C(Nc1cc(C(F)(F)F)ccc1Cl)c1ccc(Oc2ccccc2)cc1. The maximum absolute atomic E-state index is 12.8. The Morgan fingerprint density at radius 2 is 1.52 bits per heavy atom. The maximum Gasteiger partial charge on any atom is 0.416 e. The number of benzene rings is 3. The molecule has 27 heavy (non-hydrogen) atoms. The van der Waals surface area contributed by atoms with Crippen LogP contribution in [0.3, 0.4) is 0 Å². The van der Waals surface area contributed by atoms with Crippen molar-refractivity contribution < 1.29 is 22.7 Å². The number of ether oxygens (including phenoxy) is 1. The predicted molar refractivity (Wildman–Crippen MR) is 97.4 cm³/mol. The highest BCUT2D eigenvalue weighted by molar-refractivity contribution is 6.34. The molecular formula is C20H13ClF3NO2. The lowest BCUT2D eigenvalue weighted by Crippen LogP contribution is -2.13. The van der Waals surface area contributed by atoms with E-state index in [1.807, 2.05) is 18.2 Å². The van der Waals surface area contributed by atoms with Crippen LogP contribution < -0.4 is 10.1 Å². The normalized spacial score (nSPS) is 11.1. The number of rotatable bonds is 4. The van der Waals surface area contributed by atoms with E-state index in [9.17, 15) is 18.0 Å². The van der Waals surface area contributed by atoms with Gasteiger partial charge in [0.15, 0.2) is 0 Å². The van der Waals surface area contributed by atoms with Gasteiger partial charge in [-0.25, -0.2) is 0 Å². The Morgan fingerprint density at radius 3 is 2.15 bits per heavy atom. The van der Waals surface area contributed by atoms with Gasteiger partial charge in [-0.15, -0.1) is 0 Å². The fraction of sp³-hybridized carbons (Fsp3) is 0.0500. The van der Waals surface area contributed by atoms with Gasteiger partial charge >= 0.3 is 6.18 Å². The summed E-state index contributed by atoms with van der Waals surface area (Å²) in [5.41, 5.74) is -0.751. The van der Waals surface area contributed by atoms with Crippen LogP contribution in [0.2, 0.25) is 5.02 Å². The number of amides is 1. The highest BCUT2D eigenvalue weighted by Gasteiger charge is 2.31. The first-order chi connectivity index (χ1) is 12.8. The van der Waals surface area contributed by atoms with Crippen LogP contribution in [0.1, 0.15) is 15.9 Å². The lowest BCUT2D eigenvalue weighted by Gasteiger charge is -2.12. The van der Waals surface area contributed by atoms with Gasteiger partial charge in [0.2, 0.25) is 0 Å². The van der Waals surface area contributed by atoms with Gasteiger partial charge in [0.25, 0.3) is 5.91 Å². The molecule has 0 radical (unpaired) electrons. The predicted octanol–water partition coefficient (Wildman–Crippen LogP) is 6.40. The third kappa shape index (κ3) is 4.80. The average molecular weight is 392 g/mol. The summed E-state index contributed by atoms with van der Waals surface area (Å²) in [6.07, 6.45) is -4.53. The van der Waals surface area contributed by atoms with E-state index in [1.54, 1.807) is 24.3 Å². The second-order valence-electron chi connectivity index (χ2n) is 5.59. The lowest BCUT2D eigenvalue weighted by atomic mass is 10.1. The summed E-state index contributed by atoms with van der Waals surface area (Å²) in [4.78, 5) is 12.3. The van der Waals surface area contributed by atoms with Gasteiger partial charge in [-0.3, -0.25) is 4.79 Å². The first-order valence-electron chi connectivity index (χ1n) is 7.84. The van der Waals surface area contributed by atoms with E-state index in [0.717, 1.165) is 18.2 Å². The van der Waals surface area contributed by atoms with Gasteiger partial charge in [0.05, 0.1) is 16.3 Å². The van der Waals surface area contributed by atoms with Crippen LogP contribution in [0.5, 0.6) is 11.5 Å². The standard InChI is InChI=1S/C20H13ClF3NO2/c21-17-11-8-14(20(22,23)24)12-18(17)25-19(26)13-6-9-16(10-7-13)27-15-4-2-1-3-5-15/h1-12H,(H,25,26). The average Bonchev–Trinajstić information content (AvgIpc) is 2.64. The summed E-state index contributed by atoms with van der Waals surface area (Å²) < 4.78 is 44.1. The van der Waals surface area contributed by atoms with E-state index in [2.05, 4.69) is 5.32 Å². The first kappa shape index (κ1) is 18.8. The highest BCUT2D eigenvalue weighted by atomic mass is 35.5. The minimum atomic E-state index is -4.53. The first-order valence-corrected chi connectivity index (χ1v) is 8.22. The molecule has 1 amide bonds. The summed E-state index contributed by atoms with van der Waals surface area (Å²) in [5.74, 6) is 0.586. The van der Waals surface area contributed by atoms with E-state index in [4.69, 9.17) is 16.3 Å². The molecule has 3 aromatic carbocycles. The molecule has 0 aliphatic rings. The van der Waals surface area contributed by atoms with E-state index in [1.165, 1.54) is 12.1 Å². The second kappa shape index (κ2) is 7.72. The number of hydrogen-bond donors (Lipinski definition) is 1. The Kier molecular flexibility index (Phi) is 5.37. The number of carbonyl (C=O) groups is 1. The smallest absolute Gasteiger partial charge is 0.416 e. The molecule has 0 atom stereocenters. The molecule has 0 bridgehead atoms. The highest BCUT2D eigenvalue weighted by Crippen LogP contribution is 2.34. The number of hydrogen-bond acceptors (Lipinski definition) is 2. The molecule has 1 N–H and O–H groups in total. The molecule has 0 unspecified atom stereocenters. The number of carbonyl (C=O) groups excluding carboxylic acids is 1. The zero-order valence-electron chi connectivity index (χ0n) is 13.8. The molecule has 3 rings (SSSR count). The molecule has 0 aliphatic carbocycles. The molecule has 0 saturated carbocycles. The molecule has 0 aromatic heterocycles. The Bertz CT molecular complexity index is 942. The third-order valence-corrected chi connectivity index (χ3v) is 3.97. The van der Waals surface area contributed by atoms with Crippen molar-refractivity contribution in [3.63, 3.8) is 0 Å². The molecule has 0 aliphatic heterocycles. The van der Waals surface area contributed by atoms with Gasteiger partial charge in [0.1, 0.15) is 11.5 Å². The monoisotopic (exact) mass is 391 g/mol. The van der Waals surface area contributed by atoms with E-state index >= 15 is 0 Å². The van der Waals surface area contributed by atoms with Crippen LogP contribution in [-0.4, -0.2) is 5.91 Å². The Balaban J connectivity index is 1.73. The largest absolute Gasteiger partial charge is 0.457 e. The zero-order chi connectivity index (χ0) is 19.4. The number of alkyl halides is 3. The van der Waals surface area contributed by atoms with Gasteiger partial charge in [-0.2, -0.15) is 13.2 Å². The van der Waals surface area contributed by atoms with Crippen LogP contribution >= 0.6 is 11.6 Å². The molecule has 0 spiro atoms. The molecule has 7 heteroatoms. The number of nitrogens with one attached hydrogen (secondary N) is 1. The van der Waals surface area contributed by atoms with Crippen molar-refractivity contribution in [3.05, 3.63) is 88.9 Å². The van der Waals surface area contributed by atoms with Crippen LogP contribution in [0.15, 0.2) is 72.8 Å². The van der Waals surface area contributed by atoms with Crippen LogP contribution in [0, 0.1) is 0 Å². The van der Waals surface area contributed by atoms with Crippen molar-refractivity contribution in [1.82, 2.24) is 0 Å².